The minimum Gasteiger partial charge on any atom is -0.305 e. The van der Waals surface area contributed by atoms with Gasteiger partial charge in [0.25, 0.3) is 0 Å². The van der Waals surface area contributed by atoms with Crippen LogP contribution >= 0.6 is 0 Å². The minimum absolute atomic E-state index is 0. The molecule has 1 unspecified atom stereocenters. The average Bonchev–Trinajstić information content (AvgIpc) is 3.12. The summed E-state index contributed by atoms with van der Waals surface area (Å²) in [4.78, 5) is 12.9. The van der Waals surface area contributed by atoms with Crippen molar-refractivity contribution in [3.05, 3.63) is 163 Å². The second kappa shape index (κ2) is 18.5. The van der Waals surface area contributed by atoms with Crippen molar-refractivity contribution in [2.24, 2.45) is 0 Å². The molecule has 49 heavy (non-hydrogen) atoms. The summed E-state index contributed by atoms with van der Waals surface area (Å²) in [7, 11) is 0. The third-order valence-corrected chi connectivity index (χ3v) is 8.20. The van der Waals surface area contributed by atoms with Crippen molar-refractivity contribution in [3.63, 3.8) is 0 Å². The van der Waals surface area contributed by atoms with E-state index in [4.69, 9.17) is 0 Å². The third-order valence-electron chi connectivity index (χ3n) is 8.20. The molecule has 0 radical (unpaired) electrons. The predicted molar refractivity (Wildman–Crippen MR) is 202 cm³/mol. The van der Waals surface area contributed by atoms with Crippen molar-refractivity contribution in [2.45, 2.75) is 78.6 Å². The van der Waals surface area contributed by atoms with Gasteiger partial charge in [0.05, 0.1) is 0 Å². The van der Waals surface area contributed by atoms with Crippen LogP contribution in [0, 0.1) is 18.2 Å². The fraction of sp³-hybridized carbons (Fsp3) is 0.267. The summed E-state index contributed by atoms with van der Waals surface area (Å²) < 4.78 is 0. The van der Waals surface area contributed by atoms with Crippen LogP contribution in [0.3, 0.4) is 0 Å². The Hall–Kier alpha value is -4.24. The number of benzene rings is 3. The van der Waals surface area contributed by atoms with Gasteiger partial charge in [-0.1, -0.05) is 104 Å². The van der Waals surface area contributed by atoms with E-state index >= 15 is 0 Å². The Balaban J connectivity index is 0.000000197. The molecule has 3 heterocycles. The number of hydrogen-bond acceptors (Lipinski definition) is 3. The number of nitrogens with zero attached hydrogens (tertiary/aromatic N) is 3. The molecule has 6 rings (SSSR count). The van der Waals surface area contributed by atoms with Gasteiger partial charge >= 0.3 is 20.1 Å². The van der Waals surface area contributed by atoms with Gasteiger partial charge in [0, 0.05) is 18.6 Å². The number of hydrogen-bond donors (Lipinski definition) is 0. The second-order valence-electron chi connectivity index (χ2n) is 14.0. The molecule has 252 valence electrons. The fourth-order valence-electron chi connectivity index (χ4n) is 4.81. The van der Waals surface area contributed by atoms with E-state index in [1.54, 1.807) is 12.4 Å². The zero-order valence-corrected chi connectivity index (χ0v) is 32.5. The van der Waals surface area contributed by atoms with Gasteiger partial charge < -0.3 is 15.0 Å². The monoisotopic (exact) mass is 823 g/mol. The first-order valence-corrected chi connectivity index (χ1v) is 16.8. The van der Waals surface area contributed by atoms with Crippen LogP contribution in [0.25, 0.3) is 33.8 Å². The zero-order valence-electron chi connectivity index (χ0n) is 30.1. The Bertz CT molecular complexity index is 1680. The normalized spacial score (nSPS) is 11.5. The Labute approximate surface area is 308 Å². The topological polar surface area (TPSA) is 38.7 Å². The third kappa shape index (κ3) is 12.0. The van der Waals surface area contributed by atoms with Gasteiger partial charge in [-0.25, -0.2) is 0 Å². The van der Waals surface area contributed by atoms with Crippen molar-refractivity contribution >= 4 is 0 Å². The van der Waals surface area contributed by atoms with E-state index in [1.165, 1.54) is 16.7 Å². The molecular formula is C45H48IrN3. The molecular weight excluding hydrogens is 775 g/mol. The summed E-state index contributed by atoms with van der Waals surface area (Å²) in [5, 5.41) is 0. The molecule has 3 nitrogen and oxygen atoms in total. The molecule has 3 aromatic heterocycles. The fourth-order valence-corrected chi connectivity index (χ4v) is 4.81. The minimum atomic E-state index is 0. The van der Waals surface area contributed by atoms with Crippen LogP contribution in [0.1, 0.15) is 84.4 Å². The van der Waals surface area contributed by atoms with Crippen molar-refractivity contribution in [1.29, 1.82) is 0 Å². The maximum atomic E-state index is 4.31. The Morgan fingerprint density at radius 1 is 0.510 bits per heavy atom. The molecule has 0 fully saturated rings. The zero-order chi connectivity index (χ0) is 34.6. The smallest absolute Gasteiger partial charge is 0.305 e. The summed E-state index contributed by atoms with van der Waals surface area (Å²) in [6.07, 6.45) is 6.59. The number of rotatable bonds is 5. The van der Waals surface area contributed by atoms with Gasteiger partial charge in [-0.3, -0.25) is 0 Å². The molecule has 3 aromatic carbocycles. The van der Waals surface area contributed by atoms with E-state index in [1.807, 2.05) is 60.8 Å². The van der Waals surface area contributed by atoms with Gasteiger partial charge in [-0.05, 0) is 46.1 Å². The summed E-state index contributed by atoms with van der Waals surface area (Å²) in [6.45, 7) is 17.7. The summed E-state index contributed by atoms with van der Waals surface area (Å²) in [5.74, 6) is 0.606. The van der Waals surface area contributed by atoms with Crippen LogP contribution < -0.4 is 0 Å². The number of pyridine rings is 3. The maximum absolute atomic E-state index is 4.31. The molecule has 0 aliphatic rings. The maximum Gasteiger partial charge on any atom is 3.00 e. The van der Waals surface area contributed by atoms with E-state index in [9.17, 15) is 0 Å². The van der Waals surface area contributed by atoms with Gasteiger partial charge in [-0.15, -0.1) is 106 Å². The van der Waals surface area contributed by atoms with E-state index in [0.717, 1.165) is 40.2 Å². The van der Waals surface area contributed by atoms with E-state index in [0.29, 0.717) is 5.92 Å². The molecule has 0 amide bonds. The van der Waals surface area contributed by atoms with E-state index in [-0.39, 0.29) is 30.9 Å². The largest absolute Gasteiger partial charge is 3.00 e. The Kier molecular flexibility index (Phi) is 14.8. The van der Waals surface area contributed by atoms with Gasteiger partial charge in [0.15, 0.2) is 0 Å². The molecule has 0 aliphatic carbocycles. The SMILES string of the molecule is CC(C)(C)c1c[c-]c(-c2ccccn2)cc1.CC(C)(C)c1c[c-]c(-c2ccccn2)cc1.CCC(C)c1c[c-]c(-c2ccccn2)cc1.[Ir+3]. The first-order valence-electron chi connectivity index (χ1n) is 16.8. The van der Waals surface area contributed by atoms with Gasteiger partial charge in [0.2, 0.25) is 0 Å². The second-order valence-corrected chi connectivity index (χ2v) is 14.0. The van der Waals surface area contributed by atoms with Gasteiger partial charge in [-0.2, -0.15) is 0 Å². The number of aromatic nitrogens is 3. The molecule has 0 N–H and O–H groups in total. The van der Waals surface area contributed by atoms with E-state index < -0.39 is 0 Å². The molecule has 0 aliphatic heterocycles. The van der Waals surface area contributed by atoms with Gasteiger partial charge in [0.1, 0.15) is 0 Å². The van der Waals surface area contributed by atoms with Crippen molar-refractivity contribution in [1.82, 2.24) is 15.0 Å². The molecule has 0 spiro atoms. The first-order chi connectivity index (χ1) is 23.0. The van der Waals surface area contributed by atoms with Crippen molar-refractivity contribution in [3.8, 4) is 33.8 Å². The summed E-state index contributed by atoms with van der Waals surface area (Å²) in [5.41, 5.74) is 10.4. The van der Waals surface area contributed by atoms with Crippen LogP contribution in [0.2, 0.25) is 0 Å². The van der Waals surface area contributed by atoms with Crippen LogP contribution in [0.5, 0.6) is 0 Å². The summed E-state index contributed by atoms with van der Waals surface area (Å²) >= 11 is 0. The van der Waals surface area contributed by atoms with Crippen LogP contribution in [0.4, 0.5) is 0 Å². The Morgan fingerprint density at radius 2 is 0.878 bits per heavy atom. The quantitative estimate of drug-likeness (QED) is 0.163. The molecule has 0 bridgehead atoms. The van der Waals surface area contributed by atoms with Crippen molar-refractivity contribution < 1.29 is 20.1 Å². The molecule has 1 atom stereocenters. The molecule has 0 saturated heterocycles. The molecule has 6 aromatic rings. The molecule has 4 heteroatoms. The van der Waals surface area contributed by atoms with Crippen LogP contribution in [0.15, 0.2) is 128 Å². The standard InChI is InChI=1S/3C15H16N.Ir/c2*1-15(2,3)13-9-7-12(8-10-13)14-6-4-5-11-16-14;1-3-12(2)13-7-9-14(10-8-13)15-6-4-5-11-16-15;/h2*4-7,9-11H,1-3H3;4-9,11-12H,3H2,1-2H3;/q3*-1;+3. The van der Waals surface area contributed by atoms with E-state index in [2.05, 4.69) is 143 Å². The average molecular weight is 823 g/mol. The van der Waals surface area contributed by atoms with Crippen LogP contribution in [-0.4, -0.2) is 15.0 Å². The summed E-state index contributed by atoms with van der Waals surface area (Å²) in [6, 6.07) is 46.6. The molecule has 0 saturated carbocycles. The Morgan fingerprint density at radius 3 is 1.12 bits per heavy atom. The van der Waals surface area contributed by atoms with Crippen LogP contribution in [-0.2, 0) is 30.9 Å². The van der Waals surface area contributed by atoms with Crippen molar-refractivity contribution in [2.75, 3.05) is 0 Å². The predicted octanol–water partition coefficient (Wildman–Crippen LogP) is 11.8. The first kappa shape index (κ1) is 39.2.